The van der Waals surface area contributed by atoms with Crippen molar-refractivity contribution in [3.05, 3.63) is 29.6 Å². The Balaban J connectivity index is 1.77. The monoisotopic (exact) mass is 253 g/mol. The predicted octanol–water partition coefficient (Wildman–Crippen LogP) is 1.64. The van der Waals surface area contributed by atoms with Gasteiger partial charge in [-0.1, -0.05) is 6.07 Å². The topological polar surface area (TPSA) is 58.6 Å². The van der Waals surface area contributed by atoms with Gasteiger partial charge in [-0.05, 0) is 36.6 Å². The van der Waals surface area contributed by atoms with Crippen LogP contribution in [0.5, 0.6) is 5.75 Å². The van der Waals surface area contributed by atoms with Crippen molar-refractivity contribution in [1.82, 2.24) is 5.32 Å². The van der Waals surface area contributed by atoms with E-state index in [1.165, 1.54) is 13.2 Å². The number of ether oxygens (including phenoxy) is 1. The molecule has 0 radical (unpaired) electrons. The highest BCUT2D eigenvalue weighted by molar-refractivity contribution is 5.73. The number of carbonyl (C=O) groups is 1. The summed E-state index contributed by atoms with van der Waals surface area (Å²) in [6.07, 6.45) is 0.735. The first-order valence-corrected chi connectivity index (χ1v) is 5.87. The van der Waals surface area contributed by atoms with Crippen molar-refractivity contribution in [2.75, 3.05) is 13.7 Å². The van der Waals surface area contributed by atoms with Crippen molar-refractivity contribution in [3.63, 3.8) is 0 Å². The Morgan fingerprint density at radius 1 is 1.61 bits per heavy atom. The number of hydrogen-bond acceptors (Lipinski definition) is 3. The Kier molecular flexibility index (Phi) is 3.81. The van der Waals surface area contributed by atoms with Crippen molar-refractivity contribution in [1.29, 1.82) is 0 Å². The summed E-state index contributed by atoms with van der Waals surface area (Å²) >= 11 is 0. The van der Waals surface area contributed by atoms with Gasteiger partial charge in [-0.15, -0.1) is 0 Å². The van der Waals surface area contributed by atoms with E-state index < -0.39 is 5.97 Å². The molecule has 1 aromatic carbocycles. The van der Waals surface area contributed by atoms with Crippen LogP contribution in [-0.4, -0.2) is 24.7 Å². The van der Waals surface area contributed by atoms with Crippen molar-refractivity contribution in [2.45, 2.75) is 13.0 Å². The van der Waals surface area contributed by atoms with E-state index in [0.29, 0.717) is 13.1 Å². The molecule has 0 saturated heterocycles. The van der Waals surface area contributed by atoms with Crippen molar-refractivity contribution >= 4 is 5.97 Å². The van der Waals surface area contributed by atoms with Crippen LogP contribution in [0.25, 0.3) is 0 Å². The molecule has 0 spiro atoms. The number of aliphatic carboxylic acids is 1. The minimum Gasteiger partial charge on any atom is -0.494 e. The van der Waals surface area contributed by atoms with Gasteiger partial charge >= 0.3 is 5.97 Å². The van der Waals surface area contributed by atoms with E-state index in [4.69, 9.17) is 9.84 Å². The second-order valence-electron chi connectivity index (χ2n) is 4.54. The van der Waals surface area contributed by atoms with E-state index in [1.807, 2.05) is 0 Å². The number of methoxy groups -OCH3 is 1. The van der Waals surface area contributed by atoms with Crippen LogP contribution in [-0.2, 0) is 11.3 Å². The minimum absolute atomic E-state index is 0.204. The quantitative estimate of drug-likeness (QED) is 0.809. The first-order valence-electron chi connectivity index (χ1n) is 5.87. The maximum absolute atomic E-state index is 13.4. The summed E-state index contributed by atoms with van der Waals surface area (Å²) in [4.78, 5) is 10.6. The number of benzene rings is 1. The maximum Gasteiger partial charge on any atom is 0.306 e. The highest BCUT2D eigenvalue weighted by Gasteiger charge is 2.42. The molecule has 0 amide bonds. The SMILES string of the molecule is COc1ccc(CNCC2CC2C(=O)O)cc1F. The third-order valence-electron chi connectivity index (χ3n) is 3.19. The molecule has 2 N–H and O–H groups in total. The van der Waals surface area contributed by atoms with Gasteiger partial charge in [0.05, 0.1) is 13.0 Å². The van der Waals surface area contributed by atoms with Crippen molar-refractivity contribution in [2.24, 2.45) is 11.8 Å². The summed E-state index contributed by atoms with van der Waals surface area (Å²) in [5.74, 6) is -0.869. The molecule has 2 atom stereocenters. The van der Waals surface area contributed by atoms with E-state index in [-0.39, 0.29) is 23.4 Å². The van der Waals surface area contributed by atoms with Crippen molar-refractivity contribution in [3.8, 4) is 5.75 Å². The normalized spacial score (nSPS) is 21.7. The molecule has 1 fully saturated rings. The first-order chi connectivity index (χ1) is 8.61. The fourth-order valence-corrected chi connectivity index (χ4v) is 2.00. The summed E-state index contributed by atoms with van der Waals surface area (Å²) in [7, 11) is 1.43. The third-order valence-corrected chi connectivity index (χ3v) is 3.19. The van der Waals surface area contributed by atoms with Crippen LogP contribution >= 0.6 is 0 Å². The maximum atomic E-state index is 13.4. The van der Waals surface area contributed by atoms with Crippen LogP contribution in [0.15, 0.2) is 18.2 Å². The van der Waals surface area contributed by atoms with E-state index in [2.05, 4.69) is 5.32 Å². The molecule has 2 rings (SSSR count). The van der Waals surface area contributed by atoms with Crippen LogP contribution < -0.4 is 10.1 Å². The summed E-state index contributed by atoms with van der Waals surface area (Å²) < 4.78 is 18.2. The smallest absolute Gasteiger partial charge is 0.306 e. The third kappa shape index (κ3) is 2.98. The largest absolute Gasteiger partial charge is 0.494 e. The Morgan fingerprint density at radius 2 is 2.39 bits per heavy atom. The van der Waals surface area contributed by atoms with Gasteiger partial charge in [0, 0.05) is 6.54 Å². The molecule has 1 aliphatic rings. The number of rotatable bonds is 6. The predicted molar refractivity (Wildman–Crippen MR) is 63.9 cm³/mol. The van der Waals surface area contributed by atoms with E-state index in [9.17, 15) is 9.18 Å². The standard InChI is InChI=1S/C13H16FNO3/c1-18-12-3-2-8(4-11(12)14)6-15-7-9-5-10(9)13(16)17/h2-4,9-10,15H,5-7H2,1H3,(H,16,17). The Hall–Kier alpha value is -1.62. The van der Waals surface area contributed by atoms with Crippen LogP contribution in [0.2, 0.25) is 0 Å². The number of carboxylic acid groups (broad SMARTS) is 1. The van der Waals surface area contributed by atoms with Crippen LogP contribution in [0.1, 0.15) is 12.0 Å². The lowest BCUT2D eigenvalue weighted by Crippen LogP contribution is -2.18. The zero-order valence-electron chi connectivity index (χ0n) is 10.1. The molecule has 0 aromatic heterocycles. The number of nitrogens with one attached hydrogen (secondary N) is 1. The fraction of sp³-hybridized carbons (Fsp3) is 0.462. The van der Waals surface area contributed by atoms with Gasteiger partial charge in [0.1, 0.15) is 0 Å². The zero-order valence-corrected chi connectivity index (χ0v) is 10.1. The average molecular weight is 253 g/mol. The van der Waals surface area contributed by atoms with Gasteiger partial charge in [0.25, 0.3) is 0 Å². The van der Waals surface area contributed by atoms with Crippen LogP contribution in [0, 0.1) is 17.7 Å². The Bertz CT molecular complexity index is 450. The van der Waals surface area contributed by atoms with E-state index in [1.54, 1.807) is 12.1 Å². The lowest BCUT2D eigenvalue weighted by Gasteiger charge is -2.06. The zero-order chi connectivity index (χ0) is 13.1. The first kappa shape index (κ1) is 12.8. The molecule has 0 heterocycles. The average Bonchev–Trinajstić information content (AvgIpc) is 3.09. The summed E-state index contributed by atoms with van der Waals surface area (Å²) in [5, 5.41) is 11.9. The molecule has 18 heavy (non-hydrogen) atoms. The van der Waals surface area contributed by atoms with E-state index in [0.717, 1.165) is 12.0 Å². The molecule has 98 valence electrons. The van der Waals surface area contributed by atoms with Gasteiger partial charge in [0.15, 0.2) is 11.6 Å². The Labute approximate surface area is 105 Å². The molecule has 2 unspecified atom stereocenters. The van der Waals surface area contributed by atoms with Gasteiger partial charge < -0.3 is 15.2 Å². The van der Waals surface area contributed by atoms with Crippen molar-refractivity contribution < 1.29 is 19.0 Å². The summed E-state index contributed by atoms with van der Waals surface area (Å²) in [6.45, 7) is 1.19. The molecule has 1 aromatic rings. The molecule has 0 bridgehead atoms. The lowest BCUT2D eigenvalue weighted by atomic mass is 10.2. The van der Waals surface area contributed by atoms with Crippen LogP contribution in [0.4, 0.5) is 4.39 Å². The summed E-state index contributed by atoms with van der Waals surface area (Å²) in [6, 6.07) is 4.80. The molecular formula is C13H16FNO3. The Morgan fingerprint density at radius 3 is 2.94 bits per heavy atom. The van der Waals surface area contributed by atoms with Crippen LogP contribution in [0.3, 0.4) is 0 Å². The molecule has 1 aliphatic carbocycles. The second-order valence-corrected chi connectivity index (χ2v) is 4.54. The fourth-order valence-electron chi connectivity index (χ4n) is 2.00. The highest BCUT2D eigenvalue weighted by Crippen LogP contribution is 2.37. The highest BCUT2D eigenvalue weighted by atomic mass is 19.1. The van der Waals surface area contributed by atoms with Gasteiger partial charge in [-0.2, -0.15) is 0 Å². The second kappa shape index (κ2) is 5.35. The minimum atomic E-state index is -0.725. The lowest BCUT2D eigenvalue weighted by molar-refractivity contribution is -0.138. The van der Waals surface area contributed by atoms with Gasteiger partial charge in [-0.3, -0.25) is 4.79 Å². The number of halogens is 1. The molecule has 0 aliphatic heterocycles. The van der Waals surface area contributed by atoms with E-state index >= 15 is 0 Å². The number of hydrogen-bond donors (Lipinski definition) is 2. The number of carboxylic acids is 1. The molecular weight excluding hydrogens is 237 g/mol. The molecule has 4 nitrogen and oxygen atoms in total. The van der Waals surface area contributed by atoms with Gasteiger partial charge in [-0.25, -0.2) is 4.39 Å². The molecule has 5 heteroatoms. The summed E-state index contributed by atoms with van der Waals surface area (Å²) in [5.41, 5.74) is 0.820. The molecule has 1 saturated carbocycles. The van der Waals surface area contributed by atoms with Gasteiger partial charge in [0.2, 0.25) is 0 Å².